The SMILES string of the molecule is NC(=O)C1CCC(CNC(=O)c2nnc3ccccc3n2)CC1. The molecule has 1 aliphatic rings. The molecule has 7 heteroatoms. The zero-order valence-corrected chi connectivity index (χ0v) is 12.7. The Balaban J connectivity index is 1.55. The maximum atomic E-state index is 12.2. The zero-order chi connectivity index (χ0) is 16.2. The van der Waals surface area contributed by atoms with Crippen molar-refractivity contribution in [3.63, 3.8) is 0 Å². The highest BCUT2D eigenvalue weighted by Crippen LogP contribution is 2.28. The van der Waals surface area contributed by atoms with Crippen LogP contribution < -0.4 is 11.1 Å². The van der Waals surface area contributed by atoms with Crippen molar-refractivity contribution in [2.75, 3.05) is 6.54 Å². The molecule has 0 spiro atoms. The molecule has 1 aromatic heterocycles. The number of nitrogens with zero attached hydrogens (tertiary/aromatic N) is 3. The van der Waals surface area contributed by atoms with Gasteiger partial charge >= 0.3 is 0 Å². The van der Waals surface area contributed by atoms with Crippen LogP contribution in [0.1, 0.15) is 36.3 Å². The molecule has 2 amide bonds. The molecule has 1 saturated carbocycles. The Hall–Kier alpha value is -2.57. The van der Waals surface area contributed by atoms with Crippen LogP contribution in [-0.2, 0) is 4.79 Å². The predicted molar refractivity (Wildman–Crippen MR) is 84.3 cm³/mol. The molecule has 2 aromatic rings. The molecule has 1 aromatic carbocycles. The Labute approximate surface area is 133 Å². The fraction of sp³-hybridized carbons (Fsp3) is 0.438. The number of rotatable bonds is 4. The smallest absolute Gasteiger partial charge is 0.291 e. The second-order valence-corrected chi connectivity index (χ2v) is 5.95. The molecule has 0 bridgehead atoms. The van der Waals surface area contributed by atoms with Crippen LogP contribution in [0.2, 0.25) is 0 Å². The minimum absolute atomic E-state index is 0.0185. The summed E-state index contributed by atoms with van der Waals surface area (Å²) in [4.78, 5) is 27.5. The Morgan fingerprint density at radius 1 is 1.09 bits per heavy atom. The van der Waals surface area contributed by atoms with Gasteiger partial charge in [0.2, 0.25) is 11.7 Å². The summed E-state index contributed by atoms with van der Waals surface area (Å²) >= 11 is 0. The van der Waals surface area contributed by atoms with Crippen molar-refractivity contribution in [1.29, 1.82) is 0 Å². The molecule has 0 aliphatic heterocycles. The number of amides is 2. The molecule has 23 heavy (non-hydrogen) atoms. The highest BCUT2D eigenvalue weighted by molar-refractivity contribution is 5.91. The average Bonchev–Trinajstić information content (AvgIpc) is 2.59. The summed E-state index contributed by atoms with van der Waals surface area (Å²) in [7, 11) is 0. The molecule has 3 rings (SSSR count). The van der Waals surface area contributed by atoms with Gasteiger partial charge in [0, 0.05) is 12.5 Å². The summed E-state index contributed by atoms with van der Waals surface area (Å²) in [6.45, 7) is 0.556. The number of benzene rings is 1. The van der Waals surface area contributed by atoms with Gasteiger partial charge in [0.1, 0.15) is 5.52 Å². The second-order valence-electron chi connectivity index (χ2n) is 5.95. The average molecular weight is 313 g/mol. The standard InChI is InChI=1S/C16H19N5O2/c17-14(22)11-7-5-10(6-8-11)9-18-16(23)15-19-12-3-1-2-4-13(12)20-21-15/h1-4,10-11H,5-9H2,(H2,17,22)(H,18,23). The lowest BCUT2D eigenvalue weighted by molar-refractivity contribution is -0.122. The van der Waals surface area contributed by atoms with Gasteiger partial charge in [0.15, 0.2) is 0 Å². The van der Waals surface area contributed by atoms with Crippen LogP contribution in [0.5, 0.6) is 0 Å². The third-order valence-corrected chi connectivity index (χ3v) is 4.36. The first kappa shape index (κ1) is 15.3. The highest BCUT2D eigenvalue weighted by atomic mass is 16.2. The van der Waals surface area contributed by atoms with Crippen LogP contribution in [0.3, 0.4) is 0 Å². The fourth-order valence-electron chi connectivity index (χ4n) is 2.94. The normalized spacial score (nSPS) is 21.0. The summed E-state index contributed by atoms with van der Waals surface area (Å²) in [6.07, 6.45) is 3.38. The van der Waals surface area contributed by atoms with Gasteiger partial charge in [-0.3, -0.25) is 9.59 Å². The molecule has 0 saturated heterocycles. The largest absolute Gasteiger partial charge is 0.369 e. The highest BCUT2D eigenvalue weighted by Gasteiger charge is 2.25. The lowest BCUT2D eigenvalue weighted by Gasteiger charge is -2.26. The van der Waals surface area contributed by atoms with Crippen LogP contribution in [0.25, 0.3) is 11.0 Å². The summed E-state index contributed by atoms with van der Waals surface area (Å²) in [5, 5.41) is 10.7. The topological polar surface area (TPSA) is 111 Å². The van der Waals surface area contributed by atoms with Crippen molar-refractivity contribution in [2.24, 2.45) is 17.6 Å². The minimum Gasteiger partial charge on any atom is -0.369 e. The minimum atomic E-state index is -0.319. The molecule has 0 unspecified atom stereocenters. The molecule has 3 N–H and O–H groups in total. The number of para-hydroxylation sites is 1. The van der Waals surface area contributed by atoms with Crippen LogP contribution in [0, 0.1) is 11.8 Å². The molecule has 1 fully saturated rings. The van der Waals surface area contributed by atoms with Crippen LogP contribution in [-0.4, -0.2) is 33.5 Å². The van der Waals surface area contributed by atoms with E-state index in [1.165, 1.54) is 0 Å². The van der Waals surface area contributed by atoms with Gasteiger partial charge in [-0.25, -0.2) is 4.98 Å². The van der Waals surface area contributed by atoms with E-state index in [9.17, 15) is 9.59 Å². The van der Waals surface area contributed by atoms with Crippen LogP contribution in [0.4, 0.5) is 0 Å². The fourth-order valence-corrected chi connectivity index (χ4v) is 2.94. The number of primary amides is 1. The number of aromatic nitrogens is 3. The molecule has 1 aliphatic carbocycles. The number of hydrogen-bond acceptors (Lipinski definition) is 5. The van der Waals surface area contributed by atoms with Crippen molar-refractivity contribution in [1.82, 2.24) is 20.5 Å². The van der Waals surface area contributed by atoms with Gasteiger partial charge in [0.25, 0.3) is 5.91 Å². The molecule has 0 atom stereocenters. The lowest BCUT2D eigenvalue weighted by atomic mass is 9.81. The number of carbonyl (C=O) groups is 2. The quantitative estimate of drug-likeness (QED) is 0.876. The van der Waals surface area contributed by atoms with E-state index >= 15 is 0 Å². The maximum absolute atomic E-state index is 12.2. The zero-order valence-electron chi connectivity index (χ0n) is 12.7. The van der Waals surface area contributed by atoms with Gasteiger partial charge in [-0.1, -0.05) is 12.1 Å². The van der Waals surface area contributed by atoms with E-state index in [0.717, 1.165) is 25.7 Å². The Morgan fingerprint density at radius 3 is 2.48 bits per heavy atom. The van der Waals surface area contributed by atoms with E-state index in [1.54, 1.807) is 12.1 Å². The maximum Gasteiger partial charge on any atom is 0.291 e. The Bertz CT molecular complexity index is 725. The summed E-state index contributed by atoms with van der Waals surface area (Å²) < 4.78 is 0. The third kappa shape index (κ3) is 3.61. The number of hydrogen-bond donors (Lipinski definition) is 2. The summed E-state index contributed by atoms with van der Waals surface area (Å²) in [5.41, 5.74) is 6.63. The molecule has 7 nitrogen and oxygen atoms in total. The number of nitrogens with one attached hydrogen (secondary N) is 1. The molecular weight excluding hydrogens is 294 g/mol. The van der Waals surface area contributed by atoms with E-state index in [1.807, 2.05) is 12.1 Å². The van der Waals surface area contributed by atoms with Crippen molar-refractivity contribution in [3.05, 3.63) is 30.1 Å². The molecule has 0 radical (unpaired) electrons. The predicted octanol–water partition coefficient (Wildman–Crippen LogP) is 1.05. The van der Waals surface area contributed by atoms with E-state index < -0.39 is 0 Å². The number of fused-ring (bicyclic) bond motifs is 1. The van der Waals surface area contributed by atoms with Gasteiger partial charge < -0.3 is 11.1 Å². The van der Waals surface area contributed by atoms with Crippen LogP contribution in [0.15, 0.2) is 24.3 Å². The first-order chi connectivity index (χ1) is 11.1. The molecule has 120 valence electrons. The third-order valence-electron chi connectivity index (χ3n) is 4.36. The summed E-state index contributed by atoms with van der Waals surface area (Å²) in [5.74, 6) is -0.115. The van der Waals surface area contributed by atoms with Crippen molar-refractivity contribution in [3.8, 4) is 0 Å². The monoisotopic (exact) mass is 313 g/mol. The van der Waals surface area contributed by atoms with Crippen molar-refractivity contribution >= 4 is 22.8 Å². The lowest BCUT2D eigenvalue weighted by Crippen LogP contribution is -2.34. The van der Waals surface area contributed by atoms with E-state index in [4.69, 9.17) is 5.73 Å². The number of carbonyl (C=O) groups excluding carboxylic acids is 2. The van der Waals surface area contributed by atoms with Crippen molar-refractivity contribution in [2.45, 2.75) is 25.7 Å². The van der Waals surface area contributed by atoms with Gasteiger partial charge in [-0.2, -0.15) is 0 Å². The molecular formula is C16H19N5O2. The van der Waals surface area contributed by atoms with Gasteiger partial charge in [0.05, 0.1) is 5.52 Å². The Kier molecular flexibility index (Phi) is 4.45. The van der Waals surface area contributed by atoms with Crippen LogP contribution >= 0.6 is 0 Å². The second kappa shape index (κ2) is 6.68. The molecule has 1 heterocycles. The Morgan fingerprint density at radius 2 is 1.78 bits per heavy atom. The van der Waals surface area contributed by atoms with E-state index in [-0.39, 0.29) is 23.6 Å². The first-order valence-electron chi connectivity index (χ1n) is 7.80. The number of nitrogens with two attached hydrogens (primary N) is 1. The van der Waals surface area contributed by atoms with Gasteiger partial charge in [-0.15, -0.1) is 10.2 Å². The van der Waals surface area contributed by atoms with E-state index in [2.05, 4.69) is 20.5 Å². The van der Waals surface area contributed by atoms with Gasteiger partial charge in [-0.05, 0) is 43.7 Å². The first-order valence-corrected chi connectivity index (χ1v) is 7.80. The van der Waals surface area contributed by atoms with E-state index in [0.29, 0.717) is 23.5 Å². The summed E-state index contributed by atoms with van der Waals surface area (Å²) in [6, 6.07) is 7.29. The van der Waals surface area contributed by atoms with Crippen molar-refractivity contribution < 1.29 is 9.59 Å².